The van der Waals surface area contributed by atoms with Crippen molar-refractivity contribution in [2.45, 2.75) is 58.8 Å². The zero-order valence-electron chi connectivity index (χ0n) is 16.1. The predicted octanol–water partition coefficient (Wildman–Crippen LogP) is 5.51. The zero-order chi connectivity index (χ0) is 19.8. The highest BCUT2D eigenvalue weighted by Gasteiger charge is 2.09. The summed E-state index contributed by atoms with van der Waals surface area (Å²) in [5.41, 5.74) is 2.74. The molecule has 0 unspecified atom stereocenters. The van der Waals surface area contributed by atoms with Crippen molar-refractivity contribution >= 4 is 11.6 Å². The van der Waals surface area contributed by atoms with Crippen molar-refractivity contribution < 1.29 is 19.8 Å². The number of hydrogen-bond donors (Lipinski definition) is 2. The van der Waals surface area contributed by atoms with Gasteiger partial charge in [-0.15, -0.1) is 0 Å². The fourth-order valence-corrected chi connectivity index (χ4v) is 3.05. The Hall–Kier alpha value is -2.62. The van der Waals surface area contributed by atoms with E-state index in [1.165, 1.54) is 0 Å². The van der Waals surface area contributed by atoms with Crippen molar-refractivity contribution in [3.8, 4) is 11.5 Å². The maximum absolute atomic E-state index is 12.2. The first-order valence-electron chi connectivity index (χ1n) is 9.54. The number of Topliss-reactive ketones (excluding diaryl/α,β-unsaturated/α-hetero) is 2. The van der Waals surface area contributed by atoms with Gasteiger partial charge in [0.05, 0.1) is 0 Å². The highest BCUT2D eigenvalue weighted by Crippen LogP contribution is 2.20. The van der Waals surface area contributed by atoms with Crippen molar-refractivity contribution in [1.29, 1.82) is 0 Å². The van der Waals surface area contributed by atoms with Crippen LogP contribution in [0.15, 0.2) is 36.4 Å². The van der Waals surface area contributed by atoms with Crippen LogP contribution in [-0.4, -0.2) is 21.8 Å². The molecule has 0 fully saturated rings. The average Bonchev–Trinajstić information content (AvgIpc) is 2.65. The van der Waals surface area contributed by atoms with E-state index in [1.54, 1.807) is 50.2 Å². The Morgan fingerprint density at radius 1 is 0.667 bits per heavy atom. The zero-order valence-corrected chi connectivity index (χ0v) is 16.1. The van der Waals surface area contributed by atoms with Gasteiger partial charge >= 0.3 is 0 Å². The number of rotatable bonds is 10. The third-order valence-electron chi connectivity index (χ3n) is 4.85. The molecule has 0 amide bonds. The number of hydrogen-bond acceptors (Lipinski definition) is 4. The number of carbonyl (C=O) groups excluding carboxylic acids is 2. The van der Waals surface area contributed by atoms with Gasteiger partial charge in [0.25, 0.3) is 0 Å². The van der Waals surface area contributed by atoms with Crippen molar-refractivity contribution in [3.63, 3.8) is 0 Å². The Labute approximate surface area is 160 Å². The van der Waals surface area contributed by atoms with E-state index in [0.717, 1.165) is 32.1 Å². The van der Waals surface area contributed by atoms with Crippen LogP contribution < -0.4 is 0 Å². The fourth-order valence-electron chi connectivity index (χ4n) is 3.05. The fraction of sp³-hybridized carbons (Fsp3) is 0.391. The third kappa shape index (κ3) is 6.24. The van der Waals surface area contributed by atoms with Gasteiger partial charge in [0.2, 0.25) is 0 Å². The number of unbranched alkanes of at least 4 members (excludes halogenated alkanes) is 4. The van der Waals surface area contributed by atoms with Crippen molar-refractivity contribution in [2.24, 2.45) is 0 Å². The van der Waals surface area contributed by atoms with Crippen LogP contribution in [0.1, 0.15) is 76.8 Å². The highest BCUT2D eigenvalue weighted by atomic mass is 16.3. The third-order valence-corrected chi connectivity index (χ3v) is 4.85. The van der Waals surface area contributed by atoms with Crippen LogP contribution >= 0.6 is 0 Å². The largest absolute Gasteiger partial charge is 0.508 e. The molecule has 2 rings (SSSR count). The van der Waals surface area contributed by atoms with E-state index in [9.17, 15) is 19.8 Å². The molecule has 144 valence electrons. The molecule has 0 aliphatic rings. The van der Waals surface area contributed by atoms with Gasteiger partial charge in [0.15, 0.2) is 11.6 Å². The molecular weight excluding hydrogens is 340 g/mol. The number of ketones is 2. The Kier molecular flexibility index (Phi) is 7.59. The molecule has 0 aliphatic carbocycles. The van der Waals surface area contributed by atoms with Gasteiger partial charge in [-0.3, -0.25) is 9.59 Å². The SMILES string of the molecule is Cc1cc(C(=O)CCCCCCCC(=O)c2ccc(O)c(C)c2)ccc1O. The molecule has 0 aliphatic heterocycles. The summed E-state index contributed by atoms with van der Waals surface area (Å²) in [4.78, 5) is 24.3. The van der Waals surface area contributed by atoms with Crippen molar-refractivity contribution in [2.75, 3.05) is 0 Å². The second-order valence-corrected chi connectivity index (χ2v) is 7.12. The number of carbonyl (C=O) groups is 2. The maximum atomic E-state index is 12.2. The lowest BCUT2D eigenvalue weighted by molar-refractivity contribution is 0.0973. The molecule has 0 atom stereocenters. The molecule has 4 heteroatoms. The van der Waals surface area contributed by atoms with Gasteiger partial charge in [-0.2, -0.15) is 0 Å². The molecule has 2 N–H and O–H groups in total. The van der Waals surface area contributed by atoms with E-state index in [2.05, 4.69) is 0 Å². The maximum Gasteiger partial charge on any atom is 0.162 e. The summed E-state index contributed by atoms with van der Waals surface area (Å²) in [5, 5.41) is 19.0. The lowest BCUT2D eigenvalue weighted by Crippen LogP contribution is -2.00. The lowest BCUT2D eigenvalue weighted by atomic mass is 10.00. The molecule has 2 aromatic rings. The molecule has 0 radical (unpaired) electrons. The summed E-state index contributed by atoms with van der Waals surface area (Å²) in [5.74, 6) is 0.638. The van der Waals surface area contributed by atoms with Crippen LogP contribution in [0.5, 0.6) is 11.5 Å². The van der Waals surface area contributed by atoms with Crippen LogP contribution in [0, 0.1) is 13.8 Å². The Balaban J connectivity index is 1.61. The number of phenolic OH excluding ortho intramolecular Hbond substituents is 2. The Morgan fingerprint density at radius 2 is 1.04 bits per heavy atom. The normalized spacial score (nSPS) is 10.7. The van der Waals surface area contributed by atoms with Crippen LogP contribution in [0.3, 0.4) is 0 Å². The van der Waals surface area contributed by atoms with Crippen LogP contribution in [0.2, 0.25) is 0 Å². The van der Waals surface area contributed by atoms with Crippen LogP contribution in [0.4, 0.5) is 0 Å². The van der Waals surface area contributed by atoms with Gasteiger partial charge < -0.3 is 10.2 Å². The summed E-state index contributed by atoms with van der Waals surface area (Å²) >= 11 is 0. The van der Waals surface area contributed by atoms with Crippen molar-refractivity contribution in [3.05, 3.63) is 58.7 Å². The molecule has 0 spiro atoms. The molecule has 2 aromatic carbocycles. The van der Waals surface area contributed by atoms with Gasteiger partial charge in [-0.05, 0) is 74.2 Å². The minimum Gasteiger partial charge on any atom is -0.508 e. The molecule has 0 saturated heterocycles. The van der Waals surface area contributed by atoms with E-state index in [4.69, 9.17) is 0 Å². The second-order valence-electron chi connectivity index (χ2n) is 7.12. The second kappa shape index (κ2) is 9.91. The van der Waals surface area contributed by atoms with Gasteiger partial charge in [0.1, 0.15) is 11.5 Å². The standard InChI is InChI=1S/C23H28O4/c1-16-14-18(10-12-20(16)24)22(26)8-6-4-3-5-7-9-23(27)19-11-13-21(25)17(2)15-19/h10-15,24-25H,3-9H2,1-2H3. The van der Waals surface area contributed by atoms with Gasteiger partial charge in [-0.1, -0.05) is 19.3 Å². The number of aryl methyl sites for hydroxylation is 2. The molecule has 4 nitrogen and oxygen atoms in total. The predicted molar refractivity (Wildman–Crippen MR) is 107 cm³/mol. The van der Waals surface area contributed by atoms with E-state index in [-0.39, 0.29) is 23.1 Å². The van der Waals surface area contributed by atoms with Gasteiger partial charge in [0, 0.05) is 24.0 Å². The number of benzene rings is 2. The summed E-state index contributed by atoms with van der Waals surface area (Å²) < 4.78 is 0. The van der Waals surface area contributed by atoms with Crippen LogP contribution in [-0.2, 0) is 0 Å². The lowest BCUT2D eigenvalue weighted by Gasteiger charge is -2.05. The monoisotopic (exact) mass is 368 g/mol. The topological polar surface area (TPSA) is 74.6 Å². The average molecular weight is 368 g/mol. The van der Waals surface area contributed by atoms with E-state index in [0.29, 0.717) is 35.1 Å². The first-order valence-corrected chi connectivity index (χ1v) is 9.54. The Bertz CT molecular complexity index is 741. The number of phenols is 2. The highest BCUT2D eigenvalue weighted by molar-refractivity contribution is 5.96. The summed E-state index contributed by atoms with van der Waals surface area (Å²) in [6.07, 6.45) is 5.63. The van der Waals surface area contributed by atoms with E-state index in [1.807, 2.05) is 0 Å². The molecular formula is C23H28O4. The Morgan fingerprint density at radius 3 is 1.41 bits per heavy atom. The van der Waals surface area contributed by atoms with Gasteiger partial charge in [-0.25, -0.2) is 0 Å². The number of aromatic hydroxyl groups is 2. The van der Waals surface area contributed by atoms with Crippen molar-refractivity contribution in [1.82, 2.24) is 0 Å². The molecule has 0 saturated carbocycles. The minimum absolute atomic E-state index is 0.107. The first kappa shape index (κ1) is 20.7. The minimum atomic E-state index is 0.107. The molecule has 0 bridgehead atoms. The first-order chi connectivity index (χ1) is 12.9. The molecule has 27 heavy (non-hydrogen) atoms. The van der Waals surface area contributed by atoms with E-state index < -0.39 is 0 Å². The summed E-state index contributed by atoms with van der Waals surface area (Å²) in [6, 6.07) is 9.93. The summed E-state index contributed by atoms with van der Waals surface area (Å²) in [7, 11) is 0. The quantitative estimate of drug-likeness (QED) is 0.428. The summed E-state index contributed by atoms with van der Waals surface area (Å²) in [6.45, 7) is 3.57. The smallest absolute Gasteiger partial charge is 0.162 e. The molecule has 0 aromatic heterocycles. The van der Waals surface area contributed by atoms with Crippen LogP contribution in [0.25, 0.3) is 0 Å². The van der Waals surface area contributed by atoms with E-state index >= 15 is 0 Å². The molecule has 0 heterocycles.